The Bertz CT molecular complexity index is 175. The summed E-state index contributed by atoms with van der Waals surface area (Å²) >= 11 is 0. The topological polar surface area (TPSA) is 24.5 Å². The molecule has 0 aliphatic carbocycles. The zero-order valence-corrected chi connectivity index (χ0v) is 11.2. The molecule has 0 aromatic rings. The van der Waals surface area contributed by atoms with Gasteiger partial charge in [-0.15, -0.1) is 0 Å². The van der Waals surface area contributed by atoms with Crippen molar-refractivity contribution in [1.82, 2.24) is 10.2 Å². The summed E-state index contributed by atoms with van der Waals surface area (Å²) in [6.07, 6.45) is 4.27. The molecule has 96 valence electrons. The minimum absolute atomic E-state index is 0.387. The summed E-state index contributed by atoms with van der Waals surface area (Å²) in [5.41, 5.74) is 0. The molecular formula is C13H28N2O. The largest absolute Gasteiger partial charge is 0.374 e. The molecule has 1 saturated heterocycles. The molecule has 3 heteroatoms. The molecule has 0 aromatic carbocycles. The minimum atomic E-state index is 0.387. The number of rotatable bonds is 7. The van der Waals surface area contributed by atoms with Gasteiger partial charge in [0.05, 0.1) is 12.7 Å². The van der Waals surface area contributed by atoms with Gasteiger partial charge in [-0.05, 0) is 19.9 Å². The van der Waals surface area contributed by atoms with Crippen molar-refractivity contribution in [2.75, 3.05) is 32.8 Å². The molecule has 0 bridgehead atoms. The van der Waals surface area contributed by atoms with E-state index in [1.54, 1.807) is 0 Å². The maximum Gasteiger partial charge on any atom is 0.0826 e. The van der Waals surface area contributed by atoms with Crippen molar-refractivity contribution in [3.8, 4) is 0 Å². The number of ether oxygens (including phenoxy) is 1. The lowest BCUT2D eigenvalue weighted by molar-refractivity contribution is -0.0262. The number of hydrogen-bond donors (Lipinski definition) is 1. The third-order valence-corrected chi connectivity index (χ3v) is 3.35. The maximum absolute atomic E-state index is 5.76. The van der Waals surface area contributed by atoms with Gasteiger partial charge in [0.25, 0.3) is 0 Å². The first-order chi connectivity index (χ1) is 7.76. The van der Waals surface area contributed by atoms with Crippen LogP contribution in [0.3, 0.4) is 0 Å². The van der Waals surface area contributed by atoms with E-state index in [-0.39, 0.29) is 0 Å². The monoisotopic (exact) mass is 228 g/mol. The van der Waals surface area contributed by atoms with E-state index in [2.05, 4.69) is 31.0 Å². The van der Waals surface area contributed by atoms with Crippen LogP contribution in [0.2, 0.25) is 0 Å². The van der Waals surface area contributed by atoms with Crippen LogP contribution in [0.15, 0.2) is 0 Å². The Morgan fingerprint density at radius 3 is 2.94 bits per heavy atom. The van der Waals surface area contributed by atoms with Crippen LogP contribution in [0.4, 0.5) is 0 Å². The second kappa shape index (κ2) is 8.04. The molecule has 0 aromatic heterocycles. The van der Waals surface area contributed by atoms with Gasteiger partial charge in [-0.1, -0.05) is 26.7 Å². The summed E-state index contributed by atoms with van der Waals surface area (Å²) in [5.74, 6) is 0. The van der Waals surface area contributed by atoms with Gasteiger partial charge in [-0.3, -0.25) is 4.90 Å². The van der Waals surface area contributed by atoms with Crippen molar-refractivity contribution in [2.24, 2.45) is 0 Å². The minimum Gasteiger partial charge on any atom is -0.374 e. The average molecular weight is 228 g/mol. The van der Waals surface area contributed by atoms with E-state index in [9.17, 15) is 0 Å². The van der Waals surface area contributed by atoms with Gasteiger partial charge in [0.1, 0.15) is 0 Å². The lowest BCUT2D eigenvalue weighted by Gasteiger charge is -2.32. The highest BCUT2D eigenvalue weighted by Gasteiger charge is 2.19. The Kier molecular flexibility index (Phi) is 7.01. The maximum atomic E-state index is 5.76. The highest BCUT2D eigenvalue weighted by Crippen LogP contribution is 2.05. The van der Waals surface area contributed by atoms with E-state index in [4.69, 9.17) is 4.74 Å². The molecule has 1 aliphatic rings. The van der Waals surface area contributed by atoms with Gasteiger partial charge in [0.15, 0.2) is 0 Å². The van der Waals surface area contributed by atoms with Crippen LogP contribution in [-0.4, -0.2) is 49.8 Å². The Hall–Kier alpha value is -0.120. The Morgan fingerprint density at radius 1 is 1.44 bits per heavy atom. The summed E-state index contributed by atoms with van der Waals surface area (Å²) in [6, 6.07) is 0.626. The van der Waals surface area contributed by atoms with Crippen LogP contribution in [0.5, 0.6) is 0 Å². The Balaban J connectivity index is 2.11. The van der Waals surface area contributed by atoms with Gasteiger partial charge >= 0.3 is 0 Å². The van der Waals surface area contributed by atoms with Crippen molar-refractivity contribution >= 4 is 0 Å². The second-order valence-electron chi connectivity index (χ2n) is 4.84. The summed E-state index contributed by atoms with van der Waals surface area (Å²) in [4.78, 5) is 2.46. The number of nitrogens with zero attached hydrogens (tertiary/aromatic N) is 1. The molecule has 1 fully saturated rings. The van der Waals surface area contributed by atoms with Gasteiger partial charge in [-0.25, -0.2) is 0 Å². The quantitative estimate of drug-likeness (QED) is 0.720. The van der Waals surface area contributed by atoms with Crippen molar-refractivity contribution < 1.29 is 4.74 Å². The van der Waals surface area contributed by atoms with E-state index in [1.807, 2.05) is 0 Å². The zero-order chi connectivity index (χ0) is 11.8. The third kappa shape index (κ3) is 5.28. The lowest BCUT2D eigenvalue weighted by Crippen LogP contribution is -2.47. The molecule has 1 rings (SSSR count). The molecule has 0 radical (unpaired) electrons. The van der Waals surface area contributed by atoms with Crippen LogP contribution in [0, 0.1) is 0 Å². The van der Waals surface area contributed by atoms with E-state index in [0.717, 1.165) is 32.8 Å². The van der Waals surface area contributed by atoms with Crippen molar-refractivity contribution in [3.63, 3.8) is 0 Å². The zero-order valence-electron chi connectivity index (χ0n) is 11.2. The highest BCUT2D eigenvalue weighted by atomic mass is 16.5. The first kappa shape index (κ1) is 13.9. The molecule has 0 saturated carbocycles. The smallest absolute Gasteiger partial charge is 0.0826 e. The first-order valence-corrected chi connectivity index (χ1v) is 6.83. The van der Waals surface area contributed by atoms with Crippen LogP contribution < -0.4 is 5.32 Å². The number of unbranched alkanes of at least 4 members (excludes halogenated alkanes) is 1. The van der Waals surface area contributed by atoms with Crippen molar-refractivity contribution in [3.05, 3.63) is 0 Å². The number of morpholine rings is 1. The first-order valence-electron chi connectivity index (χ1n) is 6.83. The predicted octanol–water partition coefficient (Wildman–Crippen LogP) is 1.88. The van der Waals surface area contributed by atoms with E-state index in [0.29, 0.717) is 12.1 Å². The van der Waals surface area contributed by atoms with Crippen LogP contribution >= 0.6 is 0 Å². The van der Waals surface area contributed by atoms with Crippen molar-refractivity contribution in [2.45, 2.75) is 52.2 Å². The lowest BCUT2D eigenvalue weighted by atomic mass is 10.1. The highest BCUT2D eigenvalue weighted by molar-refractivity contribution is 4.74. The molecule has 16 heavy (non-hydrogen) atoms. The number of hydrogen-bond acceptors (Lipinski definition) is 3. The van der Waals surface area contributed by atoms with Gasteiger partial charge in [0.2, 0.25) is 0 Å². The Labute approximate surface area is 101 Å². The van der Waals surface area contributed by atoms with Crippen LogP contribution in [0.25, 0.3) is 0 Å². The summed E-state index contributed by atoms with van der Waals surface area (Å²) in [7, 11) is 0. The molecule has 3 nitrogen and oxygen atoms in total. The third-order valence-electron chi connectivity index (χ3n) is 3.35. The van der Waals surface area contributed by atoms with E-state index in [1.165, 1.54) is 19.3 Å². The van der Waals surface area contributed by atoms with Crippen LogP contribution in [0.1, 0.15) is 40.0 Å². The number of likely N-dealkylation sites (N-methyl/N-ethyl adjacent to an activating group) is 1. The molecule has 0 amide bonds. The molecule has 1 aliphatic heterocycles. The molecule has 1 heterocycles. The summed E-state index contributed by atoms with van der Waals surface area (Å²) in [6.45, 7) is 12.0. The molecule has 0 spiro atoms. The molecule has 2 atom stereocenters. The molecule has 2 unspecified atom stereocenters. The van der Waals surface area contributed by atoms with Gasteiger partial charge in [0, 0.05) is 25.7 Å². The summed E-state index contributed by atoms with van der Waals surface area (Å²) in [5, 5.41) is 3.58. The van der Waals surface area contributed by atoms with E-state index >= 15 is 0 Å². The predicted molar refractivity (Wildman–Crippen MR) is 68.8 cm³/mol. The second-order valence-corrected chi connectivity index (χ2v) is 4.84. The fourth-order valence-electron chi connectivity index (χ4n) is 2.14. The van der Waals surface area contributed by atoms with Gasteiger partial charge < -0.3 is 10.1 Å². The van der Waals surface area contributed by atoms with E-state index < -0.39 is 0 Å². The fraction of sp³-hybridized carbons (Fsp3) is 1.00. The standard InChI is InChI=1S/C13H28N2O/c1-4-6-7-12(3)14-10-13-11-15(5-2)8-9-16-13/h12-14H,4-11H2,1-3H3. The normalized spacial score (nSPS) is 24.6. The fourth-order valence-corrected chi connectivity index (χ4v) is 2.14. The summed E-state index contributed by atoms with van der Waals surface area (Å²) < 4.78 is 5.76. The molecular weight excluding hydrogens is 200 g/mol. The Morgan fingerprint density at radius 2 is 2.25 bits per heavy atom. The van der Waals surface area contributed by atoms with Crippen molar-refractivity contribution in [1.29, 1.82) is 0 Å². The molecule has 1 N–H and O–H groups in total. The SMILES string of the molecule is CCCCC(C)NCC1CN(CC)CCO1. The number of nitrogens with one attached hydrogen (secondary N) is 1. The van der Waals surface area contributed by atoms with Gasteiger partial charge in [-0.2, -0.15) is 0 Å². The average Bonchev–Trinajstić information content (AvgIpc) is 2.34. The van der Waals surface area contributed by atoms with Crippen LogP contribution in [-0.2, 0) is 4.74 Å².